The van der Waals surface area contributed by atoms with E-state index in [0.29, 0.717) is 26.4 Å². The fraction of sp³-hybridized carbons (Fsp3) is 0.714. The molecule has 6 aliphatic rings. The molecule has 0 N–H and O–H groups in total. The second kappa shape index (κ2) is 15.1. The van der Waals surface area contributed by atoms with Crippen molar-refractivity contribution in [1.82, 2.24) is 0 Å². The monoisotopic (exact) mass is 736 g/mol. The van der Waals surface area contributed by atoms with Gasteiger partial charge in [0.05, 0.1) is 87.5 Å². The Hall–Kier alpha value is -1.70. The van der Waals surface area contributed by atoms with E-state index in [1.807, 2.05) is 36.4 Å². The van der Waals surface area contributed by atoms with Gasteiger partial charge >= 0.3 is 8.56 Å². The molecule has 9 nitrogen and oxygen atoms in total. The molecule has 0 unspecified atom stereocenters. The lowest BCUT2D eigenvalue weighted by atomic mass is 9.86. The van der Waals surface area contributed by atoms with Gasteiger partial charge in [-0.05, 0) is 24.0 Å². The fourth-order valence-electron chi connectivity index (χ4n) is 9.89. The average molecular weight is 737 g/mol. The maximum absolute atomic E-state index is 7.11. The summed E-state index contributed by atoms with van der Waals surface area (Å²) in [6.07, 6.45) is 4.22. The van der Waals surface area contributed by atoms with Gasteiger partial charge in [-0.2, -0.15) is 0 Å². The molecule has 2 aromatic carbocycles. The molecule has 0 aliphatic carbocycles. The Morgan fingerprint density at radius 1 is 0.558 bits per heavy atom. The van der Waals surface area contributed by atoms with E-state index in [9.17, 15) is 0 Å². The topological polar surface area (TPSA) is 83.1 Å². The smallest absolute Gasteiger partial charge is 0.349 e. The van der Waals surface area contributed by atoms with Crippen LogP contribution in [0.2, 0.25) is 10.1 Å². The van der Waals surface area contributed by atoms with Gasteiger partial charge in [0, 0.05) is 35.8 Å². The van der Waals surface area contributed by atoms with Crippen LogP contribution in [0, 0.1) is 0 Å². The van der Waals surface area contributed by atoms with E-state index in [4.69, 9.17) is 42.0 Å². The molecular formula is C42H60O9Si. The minimum absolute atomic E-state index is 0.00274. The zero-order chi connectivity index (χ0) is 36.1. The molecule has 0 bridgehead atoms. The predicted octanol–water partition coefficient (Wildman–Crippen LogP) is 7.42. The average Bonchev–Trinajstić information content (AvgIpc) is 3.29. The van der Waals surface area contributed by atoms with E-state index in [2.05, 4.69) is 65.8 Å². The molecule has 6 saturated heterocycles. The largest absolute Gasteiger partial charge is 0.391 e. The molecule has 2 aromatic rings. The van der Waals surface area contributed by atoms with E-state index in [1.165, 1.54) is 0 Å². The maximum Gasteiger partial charge on any atom is 0.349 e. The predicted molar refractivity (Wildman–Crippen MR) is 198 cm³/mol. The summed E-state index contributed by atoms with van der Waals surface area (Å²) < 4.78 is 61.0. The van der Waals surface area contributed by atoms with Gasteiger partial charge in [0.15, 0.2) is 0 Å². The van der Waals surface area contributed by atoms with E-state index < -0.39 is 8.56 Å². The first kappa shape index (κ1) is 37.2. The molecule has 0 saturated carbocycles. The third-order valence-electron chi connectivity index (χ3n) is 12.3. The minimum atomic E-state index is -2.61. The number of hydrogen-bond acceptors (Lipinski definition) is 9. The Morgan fingerprint density at radius 2 is 1.04 bits per heavy atom. The van der Waals surface area contributed by atoms with E-state index >= 15 is 0 Å². The van der Waals surface area contributed by atoms with Crippen LogP contribution in [0.5, 0.6) is 0 Å². The zero-order valence-corrected chi connectivity index (χ0v) is 32.9. The summed E-state index contributed by atoms with van der Waals surface area (Å²) in [5.41, 5.74) is 2.29. The molecule has 6 heterocycles. The van der Waals surface area contributed by atoms with Crippen LogP contribution in [0.25, 0.3) is 0 Å². The van der Waals surface area contributed by atoms with Crippen molar-refractivity contribution in [3.63, 3.8) is 0 Å². The van der Waals surface area contributed by atoms with Crippen molar-refractivity contribution in [1.29, 1.82) is 0 Å². The summed E-state index contributed by atoms with van der Waals surface area (Å²) in [5, 5.41) is -0.150. The van der Waals surface area contributed by atoms with Gasteiger partial charge in [0.2, 0.25) is 0 Å². The normalized spacial score (nSPS) is 38.8. The molecule has 52 heavy (non-hydrogen) atoms. The summed E-state index contributed by atoms with van der Waals surface area (Å²) in [4.78, 5) is 0. The Morgan fingerprint density at radius 3 is 1.63 bits per heavy atom. The van der Waals surface area contributed by atoms with Crippen LogP contribution in [0.15, 0.2) is 60.7 Å². The zero-order valence-electron chi connectivity index (χ0n) is 31.9. The molecule has 0 spiro atoms. The quantitative estimate of drug-likeness (QED) is 0.270. The van der Waals surface area contributed by atoms with Crippen LogP contribution < -0.4 is 0 Å². The molecule has 6 aliphatic heterocycles. The summed E-state index contributed by atoms with van der Waals surface area (Å²) in [6.45, 7) is 15.7. The second-order valence-corrected chi connectivity index (χ2v) is 22.8. The van der Waals surface area contributed by atoms with Gasteiger partial charge in [0.25, 0.3) is 0 Å². The third kappa shape index (κ3) is 7.59. The second-order valence-electron chi connectivity index (χ2n) is 18.0. The summed E-state index contributed by atoms with van der Waals surface area (Å²) in [6, 6.07) is 20.6. The van der Waals surface area contributed by atoms with Gasteiger partial charge in [-0.15, -0.1) is 0 Å². The first-order valence-corrected chi connectivity index (χ1v) is 21.6. The molecule has 6 fully saturated rings. The lowest BCUT2D eigenvalue weighted by molar-refractivity contribution is -0.295. The number of fused-ring (bicyclic) bond motifs is 5. The molecule has 0 radical (unpaired) electrons. The standard InChI is InChI=1S/C42H60O9Si/c1-41(2,3)52(42(4,5)6)45-26-40-38(51-52)22-33-30(47-40)18-17-29-32(48-33)20-36-35(46-29)21-37-34(49-36)19-31(44-24-28-15-11-8-12-16-28)39(50-37)25-43-23-27-13-9-7-10-14-27/h7-16,29-40H,17-26H2,1-6H3/t29-,30+,31-,32+,33-,34+,35+,36-,37-,38+,39+,40-/m0/s1. The highest BCUT2D eigenvalue weighted by molar-refractivity contribution is 6.73. The number of benzene rings is 2. The Kier molecular flexibility index (Phi) is 10.8. The van der Waals surface area contributed by atoms with E-state index in [1.54, 1.807) is 0 Å². The molecule has 10 heteroatoms. The van der Waals surface area contributed by atoms with Crippen molar-refractivity contribution in [2.24, 2.45) is 0 Å². The van der Waals surface area contributed by atoms with Crippen molar-refractivity contribution in [3.05, 3.63) is 71.8 Å². The first-order valence-electron chi connectivity index (χ1n) is 19.8. The molecule has 0 aromatic heterocycles. The third-order valence-corrected chi connectivity index (χ3v) is 17.4. The highest BCUT2D eigenvalue weighted by Gasteiger charge is 2.63. The van der Waals surface area contributed by atoms with Crippen molar-refractivity contribution in [2.45, 2.75) is 177 Å². The fourth-order valence-corrected chi connectivity index (χ4v) is 14.9. The molecule has 0 amide bonds. The number of hydrogen-bond donors (Lipinski definition) is 0. The van der Waals surface area contributed by atoms with Crippen molar-refractivity contribution in [2.75, 3.05) is 13.2 Å². The number of rotatable bonds is 7. The van der Waals surface area contributed by atoms with Gasteiger partial charge in [0.1, 0.15) is 12.2 Å². The van der Waals surface area contributed by atoms with Gasteiger partial charge < -0.3 is 42.0 Å². The summed E-state index contributed by atoms with van der Waals surface area (Å²) in [7, 11) is -2.61. The van der Waals surface area contributed by atoms with Gasteiger partial charge in [-0.25, -0.2) is 0 Å². The molecule has 286 valence electrons. The van der Waals surface area contributed by atoms with Gasteiger partial charge in [-0.3, -0.25) is 0 Å². The Balaban J connectivity index is 0.922. The molecular weight excluding hydrogens is 677 g/mol. The van der Waals surface area contributed by atoms with E-state index in [0.717, 1.165) is 49.7 Å². The van der Waals surface area contributed by atoms with Crippen molar-refractivity contribution >= 4 is 8.56 Å². The Labute approximate surface area is 311 Å². The first-order chi connectivity index (χ1) is 25.0. The Bertz CT molecular complexity index is 1450. The van der Waals surface area contributed by atoms with Crippen LogP contribution in [0.3, 0.4) is 0 Å². The summed E-state index contributed by atoms with van der Waals surface area (Å²) >= 11 is 0. The van der Waals surface area contributed by atoms with Crippen molar-refractivity contribution in [3.8, 4) is 0 Å². The highest BCUT2D eigenvalue weighted by Crippen LogP contribution is 2.55. The number of ether oxygens (including phenoxy) is 7. The van der Waals surface area contributed by atoms with Crippen LogP contribution in [0.4, 0.5) is 0 Å². The molecule has 8 rings (SSSR count). The van der Waals surface area contributed by atoms with Crippen molar-refractivity contribution < 1.29 is 42.0 Å². The molecule has 12 atom stereocenters. The van der Waals surface area contributed by atoms with E-state index in [-0.39, 0.29) is 83.3 Å². The lowest BCUT2D eigenvalue weighted by Crippen LogP contribution is -2.67. The van der Waals surface area contributed by atoms with Gasteiger partial charge in [-0.1, -0.05) is 102 Å². The SMILES string of the molecule is CC(C)(C)[Si]1(C(C)(C)C)OC[C@@H]2O[C@@H]3CC[C@@H]4O[C@@H]5C[C@@H]6O[C@H](COCc7ccccc7)[C@@H](OCc7ccccc7)C[C@H]6O[C@H]5C[C@H]4O[C@H]3C[C@H]2O1. The minimum Gasteiger partial charge on any atom is -0.391 e. The van der Waals surface area contributed by atoms with Crippen LogP contribution in [-0.4, -0.2) is 95.0 Å². The summed E-state index contributed by atoms with van der Waals surface area (Å²) in [5.74, 6) is 0. The highest BCUT2D eigenvalue weighted by atomic mass is 28.4. The van der Waals surface area contributed by atoms with Crippen LogP contribution in [0.1, 0.15) is 91.2 Å². The lowest BCUT2D eigenvalue weighted by Gasteiger charge is -2.56. The maximum atomic E-state index is 7.11. The van der Waals surface area contributed by atoms with Crippen LogP contribution in [-0.2, 0) is 55.2 Å². The van der Waals surface area contributed by atoms with Crippen LogP contribution >= 0.6 is 0 Å².